The Morgan fingerprint density at radius 3 is 2.50 bits per heavy atom. The number of rotatable bonds is 1. The number of aryl methyl sites for hydroxylation is 2. The summed E-state index contributed by atoms with van der Waals surface area (Å²) >= 11 is 0. The largest absolute Gasteiger partial charge is 0.478 e. The Morgan fingerprint density at radius 1 is 1.25 bits per heavy atom. The molecular formula is C12H10O4. The van der Waals surface area contributed by atoms with Gasteiger partial charge in [0.2, 0.25) is 0 Å². The summed E-state index contributed by atoms with van der Waals surface area (Å²) in [5.74, 6) is -1.12. The first-order valence-corrected chi connectivity index (χ1v) is 4.78. The van der Waals surface area contributed by atoms with Gasteiger partial charge < -0.3 is 9.52 Å². The topological polar surface area (TPSA) is 67.5 Å². The van der Waals surface area contributed by atoms with Gasteiger partial charge in [-0.05, 0) is 25.0 Å². The van der Waals surface area contributed by atoms with Crippen molar-refractivity contribution in [2.24, 2.45) is 0 Å². The van der Waals surface area contributed by atoms with Crippen molar-refractivity contribution in [1.29, 1.82) is 0 Å². The maximum absolute atomic E-state index is 11.2. The fraction of sp³-hybridized carbons (Fsp3) is 0.167. The lowest BCUT2D eigenvalue weighted by Crippen LogP contribution is -2.07. The van der Waals surface area contributed by atoms with Gasteiger partial charge >= 0.3 is 11.6 Å². The van der Waals surface area contributed by atoms with Crippen LogP contribution in [0.1, 0.15) is 21.5 Å². The highest BCUT2D eigenvalue weighted by Gasteiger charge is 2.14. The fourth-order valence-electron chi connectivity index (χ4n) is 1.74. The van der Waals surface area contributed by atoms with Gasteiger partial charge in [0.05, 0.1) is 5.56 Å². The first-order chi connectivity index (χ1) is 7.50. The molecule has 82 valence electrons. The van der Waals surface area contributed by atoms with Crippen LogP contribution in [-0.2, 0) is 0 Å². The summed E-state index contributed by atoms with van der Waals surface area (Å²) in [7, 11) is 0. The van der Waals surface area contributed by atoms with Gasteiger partial charge in [-0.2, -0.15) is 0 Å². The van der Waals surface area contributed by atoms with E-state index in [-0.39, 0.29) is 5.56 Å². The van der Waals surface area contributed by atoms with Crippen LogP contribution in [0.5, 0.6) is 0 Å². The lowest BCUT2D eigenvalue weighted by Gasteiger charge is -2.06. The number of carboxylic acids is 1. The smallest absolute Gasteiger partial charge is 0.337 e. The van der Waals surface area contributed by atoms with Gasteiger partial charge in [-0.15, -0.1) is 0 Å². The van der Waals surface area contributed by atoms with E-state index in [1.165, 1.54) is 0 Å². The van der Waals surface area contributed by atoms with E-state index in [2.05, 4.69) is 0 Å². The van der Waals surface area contributed by atoms with Crippen molar-refractivity contribution in [2.75, 3.05) is 0 Å². The SMILES string of the molecule is Cc1ccc(C)c2c(C(=O)O)cc(=O)oc12. The first kappa shape index (κ1) is 10.4. The molecule has 0 bridgehead atoms. The lowest BCUT2D eigenvalue weighted by molar-refractivity contribution is 0.0698. The molecule has 4 heteroatoms. The predicted octanol–water partition coefficient (Wildman–Crippen LogP) is 2.11. The molecule has 1 aromatic heterocycles. The maximum Gasteiger partial charge on any atom is 0.337 e. The van der Waals surface area contributed by atoms with Gasteiger partial charge in [0.25, 0.3) is 0 Å². The van der Waals surface area contributed by atoms with Gasteiger partial charge in [0, 0.05) is 11.5 Å². The molecular weight excluding hydrogens is 208 g/mol. The molecule has 16 heavy (non-hydrogen) atoms. The molecule has 0 aliphatic carbocycles. The summed E-state index contributed by atoms with van der Waals surface area (Å²) in [6, 6.07) is 4.62. The number of carbonyl (C=O) groups is 1. The average molecular weight is 218 g/mol. The van der Waals surface area contributed by atoms with E-state index in [4.69, 9.17) is 9.52 Å². The van der Waals surface area contributed by atoms with Crippen LogP contribution in [0.2, 0.25) is 0 Å². The van der Waals surface area contributed by atoms with Gasteiger partial charge in [-0.25, -0.2) is 9.59 Å². The van der Waals surface area contributed by atoms with Crippen LogP contribution >= 0.6 is 0 Å². The number of fused-ring (bicyclic) bond motifs is 1. The standard InChI is InChI=1S/C12H10O4/c1-6-3-4-7(2)11-10(6)8(12(14)15)5-9(13)16-11/h3-5H,1-2H3,(H,14,15). The van der Waals surface area contributed by atoms with Crippen LogP contribution in [0, 0.1) is 13.8 Å². The number of hydrogen-bond acceptors (Lipinski definition) is 3. The molecule has 1 N–H and O–H groups in total. The van der Waals surface area contributed by atoms with Crippen LogP contribution in [0.25, 0.3) is 11.0 Å². The van der Waals surface area contributed by atoms with Crippen molar-refractivity contribution in [3.05, 3.63) is 45.3 Å². The Hall–Kier alpha value is -2.10. The van der Waals surface area contributed by atoms with Crippen molar-refractivity contribution in [2.45, 2.75) is 13.8 Å². The Labute approximate surface area is 91.1 Å². The number of benzene rings is 1. The third kappa shape index (κ3) is 1.48. The Bertz CT molecular complexity index is 637. The molecule has 1 heterocycles. The number of aromatic carboxylic acids is 1. The summed E-state index contributed by atoms with van der Waals surface area (Å²) in [4.78, 5) is 22.3. The summed E-state index contributed by atoms with van der Waals surface area (Å²) in [6.45, 7) is 3.56. The monoisotopic (exact) mass is 218 g/mol. The summed E-state index contributed by atoms with van der Waals surface area (Å²) < 4.78 is 5.05. The summed E-state index contributed by atoms with van der Waals surface area (Å²) in [6.07, 6.45) is 0. The Balaban J connectivity index is 3.06. The molecule has 2 aromatic rings. The van der Waals surface area contributed by atoms with Gasteiger partial charge in [-0.1, -0.05) is 12.1 Å². The fourth-order valence-corrected chi connectivity index (χ4v) is 1.74. The molecule has 0 saturated carbocycles. The van der Waals surface area contributed by atoms with E-state index in [0.29, 0.717) is 11.0 Å². The molecule has 0 aliphatic rings. The molecule has 0 radical (unpaired) electrons. The molecule has 0 aliphatic heterocycles. The zero-order chi connectivity index (χ0) is 11.9. The average Bonchev–Trinajstić information content (AvgIpc) is 2.22. The van der Waals surface area contributed by atoms with Crippen molar-refractivity contribution < 1.29 is 14.3 Å². The number of carboxylic acid groups (broad SMARTS) is 1. The van der Waals surface area contributed by atoms with Crippen LogP contribution in [-0.4, -0.2) is 11.1 Å². The van der Waals surface area contributed by atoms with Gasteiger partial charge in [0.1, 0.15) is 5.58 Å². The van der Waals surface area contributed by atoms with Crippen molar-refractivity contribution in [3.8, 4) is 0 Å². The number of hydrogen-bond donors (Lipinski definition) is 1. The van der Waals surface area contributed by atoms with E-state index in [1.54, 1.807) is 19.9 Å². The molecule has 1 aromatic carbocycles. The van der Waals surface area contributed by atoms with Crippen LogP contribution in [0.3, 0.4) is 0 Å². The van der Waals surface area contributed by atoms with E-state index < -0.39 is 11.6 Å². The molecule has 0 spiro atoms. The lowest BCUT2D eigenvalue weighted by atomic mass is 10.0. The van der Waals surface area contributed by atoms with Crippen molar-refractivity contribution in [3.63, 3.8) is 0 Å². The zero-order valence-corrected chi connectivity index (χ0v) is 8.90. The third-order valence-electron chi connectivity index (χ3n) is 2.53. The van der Waals surface area contributed by atoms with E-state index in [1.807, 2.05) is 6.07 Å². The van der Waals surface area contributed by atoms with E-state index in [9.17, 15) is 9.59 Å². The molecule has 0 saturated heterocycles. The normalized spacial score (nSPS) is 10.6. The summed E-state index contributed by atoms with van der Waals surface area (Å²) in [5.41, 5.74) is 1.23. The highest BCUT2D eigenvalue weighted by molar-refractivity contribution is 6.03. The van der Waals surface area contributed by atoms with E-state index in [0.717, 1.165) is 17.2 Å². The first-order valence-electron chi connectivity index (χ1n) is 4.78. The molecule has 0 atom stereocenters. The molecule has 0 amide bonds. The quantitative estimate of drug-likeness (QED) is 0.744. The minimum atomic E-state index is -1.12. The molecule has 4 nitrogen and oxygen atoms in total. The minimum absolute atomic E-state index is 0.00699. The Kier molecular flexibility index (Phi) is 2.27. The zero-order valence-electron chi connectivity index (χ0n) is 8.90. The molecule has 0 fully saturated rings. The van der Waals surface area contributed by atoms with Gasteiger partial charge in [-0.3, -0.25) is 0 Å². The minimum Gasteiger partial charge on any atom is -0.478 e. The van der Waals surface area contributed by atoms with E-state index >= 15 is 0 Å². The van der Waals surface area contributed by atoms with Crippen molar-refractivity contribution in [1.82, 2.24) is 0 Å². The second-order valence-corrected chi connectivity index (χ2v) is 3.69. The molecule has 0 unspecified atom stereocenters. The third-order valence-corrected chi connectivity index (χ3v) is 2.53. The predicted molar refractivity (Wildman–Crippen MR) is 58.9 cm³/mol. The van der Waals surface area contributed by atoms with Crippen LogP contribution in [0.15, 0.2) is 27.4 Å². The highest BCUT2D eigenvalue weighted by Crippen LogP contribution is 2.24. The Morgan fingerprint density at radius 2 is 1.88 bits per heavy atom. The highest BCUT2D eigenvalue weighted by atomic mass is 16.4. The molecule has 2 rings (SSSR count). The summed E-state index contributed by atoms with van der Waals surface area (Å²) in [5, 5.41) is 9.53. The van der Waals surface area contributed by atoms with Crippen LogP contribution in [0.4, 0.5) is 0 Å². The second kappa shape index (κ2) is 3.48. The van der Waals surface area contributed by atoms with Crippen LogP contribution < -0.4 is 5.63 Å². The van der Waals surface area contributed by atoms with Crippen molar-refractivity contribution >= 4 is 16.9 Å². The second-order valence-electron chi connectivity index (χ2n) is 3.69. The van der Waals surface area contributed by atoms with Gasteiger partial charge in [0.15, 0.2) is 0 Å². The maximum atomic E-state index is 11.2.